The summed E-state index contributed by atoms with van der Waals surface area (Å²) in [6.07, 6.45) is 3.40. The minimum absolute atomic E-state index is 0.124. The molecule has 0 radical (unpaired) electrons. The van der Waals surface area contributed by atoms with Crippen molar-refractivity contribution in [2.24, 2.45) is 4.99 Å². The normalized spacial score (nSPS) is 17.6. The van der Waals surface area contributed by atoms with Crippen molar-refractivity contribution < 1.29 is 9.21 Å². The molecule has 8 heteroatoms. The summed E-state index contributed by atoms with van der Waals surface area (Å²) in [5, 5.41) is 3.67. The molecule has 0 spiro atoms. The van der Waals surface area contributed by atoms with Crippen molar-refractivity contribution >= 4 is 57.0 Å². The SMILES string of the molecule is CN1C(=O)/C(=C\c2ccc(-c3ccccc3Cl)o2)S/C1=N/c1nccs1. The van der Waals surface area contributed by atoms with E-state index in [9.17, 15) is 4.79 Å². The molecule has 1 fully saturated rings. The van der Waals surface area contributed by atoms with Crippen LogP contribution in [-0.2, 0) is 4.79 Å². The van der Waals surface area contributed by atoms with Gasteiger partial charge in [0, 0.05) is 30.3 Å². The number of benzene rings is 1. The minimum Gasteiger partial charge on any atom is -0.457 e. The molecule has 4 rings (SSSR count). The summed E-state index contributed by atoms with van der Waals surface area (Å²) < 4.78 is 5.84. The largest absolute Gasteiger partial charge is 0.457 e. The predicted octanol–water partition coefficient (Wildman–Crippen LogP) is 5.29. The molecule has 0 saturated carbocycles. The number of aromatic nitrogens is 1. The van der Waals surface area contributed by atoms with Gasteiger partial charge < -0.3 is 4.42 Å². The molecule has 3 aromatic rings. The van der Waals surface area contributed by atoms with Crippen LogP contribution in [0.3, 0.4) is 0 Å². The van der Waals surface area contributed by atoms with Crippen LogP contribution in [0.15, 0.2) is 62.3 Å². The van der Waals surface area contributed by atoms with Gasteiger partial charge in [-0.15, -0.1) is 11.3 Å². The third kappa shape index (κ3) is 3.33. The molecule has 1 aliphatic rings. The standard InChI is InChI=1S/C18H12ClN3O2S2/c1-22-16(23)15(26-18(22)21-17-20-8-9-25-17)10-11-6-7-14(24-11)12-4-2-3-5-13(12)19/h2-10H,1H3/b15-10+,21-18+. The van der Waals surface area contributed by atoms with Gasteiger partial charge in [-0.2, -0.15) is 4.99 Å². The molecular formula is C18H12ClN3O2S2. The van der Waals surface area contributed by atoms with E-state index in [-0.39, 0.29) is 5.91 Å². The molecule has 5 nitrogen and oxygen atoms in total. The minimum atomic E-state index is -0.124. The smallest absolute Gasteiger partial charge is 0.266 e. The van der Waals surface area contributed by atoms with E-state index >= 15 is 0 Å². The Balaban J connectivity index is 1.61. The Kier molecular flexibility index (Phi) is 4.67. The van der Waals surface area contributed by atoms with E-state index in [2.05, 4.69) is 9.98 Å². The second kappa shape index (κ2) is 7.11. The van der Waals surface area contributed by atoms with E-state index in [0.717, 1.165) is 5.56 Å². The lowest BCUT2D eigenvalue weighted by molar-refractivity contribution is -0.121. The molecule has 2 aromatic heterocycles. The summed E-state index contributed by atoms with van der Waals surface area (Å²) in [7, 11) is 1.69. The molecule has 1 saturated heterocycles. The molecule has 0 unspecified atom stereocenters. The highest BCUT2D eigenvalue weighted by atomic mass is 35.5. The molecule has 1 amide bonds. The number of hydrogen-bond donors (Lipinski definition) is 0. The highest BCUT2D eigenvalue weighted by Crippen LogP contribution is 2.35. The number of furan rings is 1. The lowest BCUT2D eigenvalue weighted by atomic mass is 10.2. The van der Waals surface area contributed by atoms with E-state index in [1.165, 1.54) is 28.0 Å². The maximum absolute atomic E-state index is 12.5. The quantitative estimate of drug-likeness (QED) is 0.559. The number of carbonyl (C=O) groups is 1. The van der Waals surface area contributed by atoms with Crippen molar-refractivity contribution in [3.63, 3.8) is 0 Å². The second-order valence-electron chi connectivity index (χ2n) is 5.37. The average Bonchev–Trinajstić information content (AvgIpc) is 3.36. The van der Waals surface area contributed by atoms with Crippen LogP contribution < -0.4 is 0 Å². The lowest BCUT2D eigenvalue weighted by Crippen LogP contribution is -2.23. The van der Waals surface area contributed by atoms with Crippen molar-refractivity contribution in [2.75, 3.05) is 7.05 Å². The maximum atomic E-state index is 12.5. The Morgan fingerprint density at radius 3 is 2.88 bits per heavy atom. The molecule has 0 N–H and O–H groups in total. The average molecular weight is 402 g/mol. The van der Waals surface area contributed by atoms with Crippen LogP contribution in [0, 0.1) is 0 Å². The molecule has 3 heterocycles. The number of halogens is 1. The van der Waals surface area contributed by atoms with Crippen LogP contribution in [0.2, 0.25) is 5.02 Å². The maximum Gasteiger partial charge on any atom is 0.266 e. The Bertz CT molecular complexity index is 1020. The fraction of sp³-hybridized carbons (Fsp3) is 0.0556. The number of amidine groups is 1. The van der Waals surface area contributed by atoms with Crippen LogP contribution in [0.5, 0.6) is 0 Å². The topological polar surface area (TPSA) is 58.7 Å². The van der Waals surface area contributed by atoms with Crippen LogP contribution in [0.25, 0.3) is 17.4 Å². The fourth-order valence-electron chi connectivity index (χ4n) is 2.37. The zero-order valence-electron chi connectivity index (χ0n) is 13.5. The summed E-state index contributed by atoms with van der Waals surface area (Å²) in [4.78, 5) is 23.0. The summed E-state index contributed by atoms with van der Waals surface area (Å²) in [6, 6.07) is 11.1. The first kappa shape index (κ1) is 17.1. The van der Waals surface area contributed by atoms with Crippen molar-refractivity contribution in [3.8, 4) is 11.3 Å². The van der Waals surface area contributed by atoms with E-state index in [0.29, 0.717) is 31.7 Å². The summed E-state index contributed by atoms with van der Waals surface area (Å²) >= 11 is 8.92. The molecule has 1 aliphatic heterocycles. The van der Waals surface area contributed by atoms with Crippen molar-refractivity contribution in [2.45, 2.75) is 0 Å². The van der Waals surface area contributed by atoms with Crippen molar-refractivity contribution in [1.82, 2.24) is 9.88 Å². The zero-order chi connectivity index (χ0) is 18.1. The monoisotopic (exact) mass is 401 g/mol. The number of rotatable bonds is 3. The Morgan fingerprint density at radius 1 is 1.27 bits per heavy atom. The van der Waals surface area contributed by atoms with Crippen LogP contribution in [-0.4, -0.2) is 28.0 Å². The van der Waals surface area contributed by atoms with Crippen molar-refractivity contribution in [1.29, 1.82) is 0 Å². The highest BCUT2D eigenvalue weighted by molar-refractivity contribution is 8.18. The number of carbonyl (C=O) groups excluding carboxylic acids is 1. The number of thioether (sulfide) groups is 1. The molecule has 1 aromatic carbocycles. The summed E-state index contributed by atoms with van der Waals surface area (Å²) in [5.41, 5.74) is 0.812. The van der Waals surface area contributed by atoms with Gasteiger partial charge in [-0.3, -0.25) is 9.69 Å². The van der Waals surface area contributed by atoms with Crippen molar-refractivity contribution in [3.05, 3.63) is 63.7 Å². The number of hydrogen-bond acceptors (Lipinski definition) is 6. The first-order chi connectivity index (χ1) is 12.6. The van der Waals surface area contributed by atoms with Gasteiger partial charge in [-0.05, 0) is 36.0 Å². The molecule has 130 valence electrons. The lowest BCUT2D eigenvalue weighted by Gasteiger charge is -2.05. The predicted molar refractivity (Wildman–Crippen MR) is 107 cm³/mol. The summed E-state index contributed by atoms with van der Waals surface area (Å²) in [5.74, 6) is 1.11. The Labute approximate surface area is 163 Å². The van der Waals surface area contributed by atoms with Crippen LogP contribution in [0.4, 0.5) is 5.13 Å². The van der Waals surface area contributed by atoms with Gasteiger partial charge in [-0.1, -0.05) is 23.7 Å². The van der Waals surface area contributed by atoms with Gasteiger partial charge >= 0.3 is 0 Å². The van der Waals surface area contributed by atoms with E-state index in [1.54, 1.807) is 19.3 Å². The number of aliphatic imine (C=N–C) groups is 1. The first-order valence-electron chi connectivity index (χ1n) is 7.62. The number of likely N-dealkylation sites (N-methyl/N-ethyl adjacent to an activating group) is 1. The fourth-order valence-corrected chi connectivity index (χ4v) is 4.11. The zero-order valence-corrected chi connectivity index (χ0v) is 15.9. The second-order valence-corrected chi connectivity index (χ2v) is 7.66. The van der Waals surface area contributed by atoms with Gasteiger partial charge in [0.2, 0.25) is 5.13 Å². The van der Waals surface area contributed by atoms with Crippen LogP contribution in [0.1, 0.15) is 5.76 Å². The third-order valence-electron chi connectivity index (χ3n) is 3.65. The number of amides is 1. The molecule has 26 heavy (non-hydrogen) atoms. The summed E-state index contributed by atoms with van der Waals surface area (Å²) in [6.45, 7) is 0. The first-order valence-corrected chi connectivity index (χ1v) is 9.70. The number of nitrogens with zero attached hydrogens (tertiary/aromatic N) is 3. The molecule has 0 aliphatic carbocycles. The Hall–Kier alpha value is -2.35. The number of thiazole rings is 1. The molecule has 0 atom stereocenters. The highest BCUT2D eigenvalue weighted by Gasteiger charge is 2.31. The van der Waals surface area contributed by atoms with E-state index in [4.69, 9.17) is 16.0 Å². The molecule has 0 bridgehead atoms. The molecular weight excluding hydrogens is 390 g/mol. The van der Waals surface area contributed by atoms with E-state index < -0.39 is 0 Å². The van der Waals surface area contributed by atoms with Gasteiger partial charge in [-0.25, -0.2) is 4.98 Å². The van der Waals surface area contributed by atoms with E-state index in [1.807, 2.05) is 41.8 Å². The third-order valence-corrected chi connectivity index (χ3v) is 5.71. The van der Waals surface area contributed by atoms with Gasteiger partial charge in [0.15, 0.2) is 5.17 Å². The van der Waals surface area contributed by atoms with Gasteiger partial charge in [0.25, 0.3) is 5.91 Å². The van der Waals surface area contributed by atoms with Gasteiger partial charge in [0.05, 0.1) is 9.93 Å². The van der Waals surface area contributed by atoms with Crippen LogP contribution >= 0.6 is 34.7 Å². The Morgan fingerprint density at radius 2 is 2.12 bits per heavy atom. The van der Waals surface area contributed by atoms with Gasteiger partial charge in [0.1, 0.15) is 11.5 Å².